The van der Waals surface area contributed by atoms with Crippen LogP contribution in [-0.2, 0) is 12.8 Å². The van der Waals surface area contributed by atoms with Crippen LogP contribution in [0.3, 0.4) is 0 Å². The monoisotopic (exact) mass is 258 g/mol. The third-order valence-electron chi connectivity index (χ3n) is 3.48. The first-order valence-electron chi connectivity index (χ1n) is 6.86. The van der Waals surface area contributed by atoms with E-state index in [9.17, 15) is 0 Å². The van der Waals surface area contributed by atoms with Crippen LogP contribution in [0, 0.1) is 0 Å². The molecule has 3 rings (SSSR count). The van der Waals surface area contributed by atoms with Crippen LogP contribution in [0.25, 0.3) is 0 Å². The topological polar surface area (TPSA) is 63.8 Å². The summed E-state index contributed by atoms with van der Waals surface area (Å²) in [5.41, 5.74) is 1.25. The minimum Gasteiger partial charge on any atom is -0.338 e. The molecule has 0 aliphatic carbocycles. The van der Waals surface area contributed by atoms with E-state index in [4.69, 9.17) is 4.52 Å². The van der Waals surface area contributed by atoms with Crippen molar-refractivity contribution in [1.29, 1.82) is 0 Å². The highest BCUT2D eigenvalue weighted by Gasteiger charge is 2.20. The molecule has 0 radical (unpaired) electrons. The summed E-state index contributed by atoms with van der Waals surface area (Å²) >= 11 is 0. The maximum Gasteiger partial charge on any atom is 0.243 e. The summed E-state index contributed by atoms with van der Waals surface area (Å²) in [6, 6.07) is 4.28. The minimum absolute atomic E-state index is 0.246. The van der Waals surface area contributed by atoms with Crippen molar-refractivity contribution < 1.29 is 4.52 Å². The molecule has 1 aliphatic heterocycles. The highest BCUT2D eigenvalue weighted by atomic mass is 16.5. The van der Waals surface area contributed by atoms with E-state index in [1.807, 2.05) is 24.5 Å². The third-order valence-corrected chi connectivity index (χ3v) is 3.48. The second-order valence-corrected chi connectivity index (χ2v) is 4.91. The van der Waals surface area contributed by atoms with Crippen molar-refractivity contribution in [3.8, 4) is 0 Å². The Morgan fingerprint density at radius 3 is 2.89 bits per heavy atom. The van der Waals surface area contributed by atoms with Crippen LogP contribution >= 0.6 is 0 Å². The molecule has 2 aromatic rings. The fraction of sp³-hybridized carbons (Fsp3) is 0.500. The molecule has 1 aliphatic rings. The molecule has 5 heteroatoms. The molecule has 0 bridgehead atoms. The van der Waals surface area contributed by atoms with Gasteiger partial charge >= 0.3 is 0 Å². The fourth-order valence-electron chi connectivity index (χ4n) is 2.38. The van der Waals surface area contributed by atoms with Crippen molar-refractivity contribution >= 4 is 0 Å². The zero-order valence-corrected chi connectivity index (χ0v) is 10.9. The molecule has 3 heterocycles. The number of hydrogen-bond donors (Lipinski definition) is 1. The maximum absolute atomic E-state index is 5.36. The highest BCUT2D eigenvalue weighted by Crippen LogP contribution is 2.21. The van der Waals surface area contributed by atoms with Gasteiger partial charge in [0.15, 0.2) is 5.82 Å². The summed E-state index contributed by atoms with van der Waals surface area (Å²) in [7, 11) is 0. The van der Waals surface area contributed by atoms with Crippen molar-refractivity contribution in [3.63, 3.8) is 0 Å². The predicted molar refractivity (Wildman–Crippen MR) is 70.5 cm³/mol. The summed E-state index contributed by atoms with van der Waals surface area (Å²) in [4.78, 5) is 8.50. The van der Waals surface area contributed by atoms with E-state index in [2.05, 4.69) is 20.4 Å². The van der Waals surface area contributed by atoms with E-state index in [0.717, 1.165) is 37.5 Å². The Kier molecular flexibility index (Phi) is 3.83. The van der Waals surface area contributed by atoms with Gasteiger partial charge in [0.1, 0.15) is 0 Å². The van der Waals surface area contributed by atoms with Gasteiger partial charge in [-0.1, -0.05) is 11.6 Å². The normalized spacial score (nSPS) is 19.5. The van der Waals surface area contributed by atoms with Crippen molar-refractivity contribution in [2.24, 2.45) is 0 Å². The summed E-state index contributed by atoms with van der Waals surface area (Å²) in [5, 5.41) is 7.48. The van der Waals surface area contributed by atoms with Crippen LogP contribution in [-0.4, -0.2) is 21.7 Å². The number of aromatic nitrogens is 3. The Morgan fingerprint density at radius 2 is 2.11 bits per heavy atom. The van der Waals surface area contributed by atoms with Gasteiger partial charge in [-0.3, -0.25) is 4.98 Å². The first-order valence-corrected chi connectivity index (χ1v) is 6.86. The lowest BCUT2D eigenvalue weighted by molar-refractivity contribution is 0.296. The average Bonchev–Trinajstić information content (AvgIpc) is 2.96. The molecular formula is C14H18N4O. The van der Waals surface area contributed by atoms with Crippen LogP contribution in [0.15, 0.2) is 29.0 Å². The number of aryl methyl sites for hydroxylation is 2. The summed E-state index contributed by atoms with van der Waals surface area (Å²) in [6.07, 6.45) is 8.89. The average molecular weight is 258 g/mol. The lowest BCUT2D eigenvalue weighted by atomic mass is 10.1. The van der Waals surface area contributed by atoms with E-state index in [0.29, 0.717) is 0 Å². The Morgan fingerprint density at radius 1 is 1.21 bits per heavy atom. The molecular weight excluding hydrogens is 240 g/mol. The SMILES string of the molecule is c1cc(CCc2noc(C3CCCCN3)n2)ccn1. The maximum atomic E-state index is 5.36. The summed E-state index contributed by atoms with van der Waals surface area (Å²) in [6.45, 7) is 1.04. The van der Waals surface area contributed by atoms with Gasteiger partial charge < -0.3 is 9.84 Å². The predicted octanol–water partition coefficient (Wildman–Crippen LogP) is 2.06. The zero-order valence-electron chi connectivity index (χ0n) is 10.9. The van der Waals surface area contributed by atoms with Gasteiger partial charge in [-0.15, -0.1) is 0 Å². The zero-order chi connectivity index (χ0) is 12.9. The Balaban J connectivity index is 1.58. The second kappa shape index (κ2) is 5.93. The summed E-state index contributed by atoms with van der Waals surface area (Å²) < 4.78 is 5.36. The minimum atomic E-state index is 0.246. The molecule has 0 saturated carbocycles. The van der Waals surface area contributed by atoms with E-state index in [1.165, 1.54) is 18.4 Å². The number of pyridine rings is 1. The number of piperidine rings is 1. The molecule has 1 N–H and O–H groups in total. The van der Waals surface area contributed by atoms with Gasteiger partial charge in [0, 0.05) is 18.8 Å². The van der Waals surface area contributed by atoms with Gasteiger partial charge in [0.25, 0.3) is 0 Å². The van der Waals surface area contributed by atoms with Crippen LogP contribution in [0.5, 0.6) is 0 Å². The van der Waals surface area contributed by atoms with Crippen molar-refractivity contribution in [1.82, 2.24) is 20.4 Å². The molecule has 1 fully saturated rings. The number of rotatable bonds is 4. The molecule has 1 saturated heterocycles. The van der Waals surface area contributed by atoms with Crippen molar-refractivity contribution in [2.45, 2.75) is 38.1 Å². The quantitative estimate of drug-likeness (QED) is 0.909. The van der Waals surface area contributed by atoms with Crippen LogP contribution < -0.4 is 5.32 Å². The van der Waals surface area contributed by atoms with E-state index >= 15 is 0 Å². The fourth-order valence-corrected chi connectivity index (χ4v) is 2.38. The van der Waals surface area contributed by atoms with Gasteiger partial charge in [-0.2, -0.15) is 4.98 Å². The van der Waals surface area contributed by atoms with Crippen molar-refractivity contribution in [3.05, 3.63) is 41.8 Å². The number of hydrogen-bond acceptors (Lipinski definition) is 5. The first-order chi connectivity index (χ1) is 9.42. The smallest absolute Gasteiger partial charge is 0.243 e. The molecule has 19 heavy (non-hydrogen) atoms. The van der Waals surface area contributed by atoms with Gasteiger partial charge in [0.05, 0.1) is 6.04 Å². The Hall–Kier alpha value is -1.75. The van der Waals surface area contributed by atoms with E-state index in [-0.39, 0.29) is 6.04 Å². The molecule has 5 nitrogen and oxygen atoms in total. The molecule has 1 unspecified atom stereocenters. The van der Waals surface area contributed by atoms with Crippen molar-refractivity contribution in [2.75, 3.05) is 6.54 Å². The summed E-state index contributed by atoms with van der Waals surface area (Å²) in [5.74, 6) is 1.53. The number of nitrogens with one attached hydrogen (secondary N) is 1. The molecule has 0 aromatic carbocycles. The van der Waals surface area contributed by atoms with E-state index in [1.54, 1.807) is 0 Å². The van der Waals surface area contributed by atoms with Crippen LogP contribution in [0.2, 0.25) is 0 Å². The third kappa shape index (κ3) is 3.17. The van der Waals surface area contributed by atoms with Gasteiger partial charge in [-0.05, 0) is 43.5 Å². The van der Waals surface area contributed by atoms with Crippen LogP contribution in [0.4, 0.5) is 0 Å². The second-order valence-electron chi connectivity index (χ2n) is 4.91. The molecule has 2 aromatic heterocycles. The standard InChI is InChI=1S/C14H18N4O/c1-2-8-16-12(3-1)14-17-13(18-19-14)5-4-11-6-9-15-10-7-11/h6-7,9-10,12,16H,1-5,8H2. The molecule has 100 valence electrons. The van der Waals surface area contributed by atoms with Gasteiger partial charge in [0.2, 0.25) is 5.89 Å². The molecule has 0 amide bonds. The first kappa shape index (κ1) is 12.3. The number of nitrogens with zero attached hydrogens (tertiary/aromatic N) is 3. The molecule has 1 atom stereocenters. The molecule has 0 spiro atoms. The largest absolute Gasteiger partial charge is 0.338 e. The Labute approximate surface area is 112 Å². The Bertz CT molecular complexity index is 505. The van der Waals surface area contributed by atoms with Crippen LogP contribution in [0.1, 0.15) is 42.6 Å². The highest BCUT2D eigenvalue weighted by molar-refractivity contribution is 5.11. The van der Waals surface area contributed by atoms with Gasteiger partial charge in [-0.25, -0.2) is 0 Å². The van der Waals surface area contributed by atoms with E-state index < -0.39 is 0 Å². The lowest BCUT2D eigenvalue weighted by Crippen LogP contribution is -2.27. The lowest BCUT2D eigenvalue weighted by Gasteiger charge is -2.19.